The molecule has 2 amide bonds. The van der Waals surface area contributed by atoms with Crippen LogP contribution < -0.4 is 10.6 Å². The fourth-order valence-electron chi connectivity index (χ4n) is 3.98. The minimum Gasteiger partial charge on any atom is -0.383 e. The fraction of sp³-hybridized carbons (Fsp3) is 0.364. The summed E-state index contributed by atoms with van der Waals surface area (Å²) in [6.45, 7) is 2.34. The van der Waals surface area contributed by atoms with E-state index in [1.807, 2.05) is 0 Å². The molecule has 2 N–H and O–H groups in total. The second-order valence-corrected chi connectivity index (χ2v) is 7.87. The molecule has 0 saturated carbocycles. The molecule has 2 atom stereocenters. The van der Waals surface area contributed by atoms with Gasteiger partial charge in [-0.15, -0.1) is 0 Å². The Morgan fingerprint density at radius 3 is 2.76 bits per heavy atom. The van der Waals surface area contributed by atoms with Crippen LogP contribution in [0.5, 0.6) is 0 Å². The molecule has 11 heteroatoms. The molecule has 0 spiro atoms. The number of halogens is 2. The molecule has 2 aromatic heterocycles. The van der Waals surface area contributed by atoms with E-state index in [0.717, 1.165) is 6.07 Å². The first-order valence-electron chi connectivity index (χ1n) is 10.5. The standard InChI is InChI=1S/C22H25F2N7O2/c1-30-21(10-18(29-30)19-11-25-5-6-26-19)28-22(32)27-20-13-31(7-8-33-2)12-15(20)14-3-4-16(23)17(24)9-14/h3-6,9-11,15,20H,7-8,12-13H2,1-2H3,(H2,27,28,32)/t15-,20+/m0/s1. The van der Waals surface area contributed by atoms with Crippen molar-refractivity contribution in [1.82, 2.24) is 30.0 Å². The number of nitrogens with zero attached hydrogens (tertiary/aromatic N) is 5. The van der Waals surface area contributed by atoms with Crippen LogP contribution in [0.15, 0.2) is 42.9 Å². The fourth-order valence-corrected chi connectivity index (χ4v) is 3.98. The summed E-state index contributed by atoms with van der Waals surface area (Å²) in [6, 6.07) is 4.85. The third-order valence-electron chi connectivity index (χ3n) is 5.64. The second-order valence-electron chi connectivity index (χ2n) is 7.87. The number of hydrogen-bond acceptors (Lipinski definition) is 6. The second kappa shape index (κ2) is 10.0. The predicted molar refractivity (Wildman–Crippen MR) is 118 cm³/mol. The summed E-state index contributed by atoms with van der Waals surface area (Å²) in [4.78, 5) is 23.2. The first-order chi connectivity index (χ1) is 15.9. The van der Waals surface area contributed by atoms with Crippen molar-refractivity contribution in [1.29, 1.82) is 0 Å². The number of benzene rings is 1. The summed E-state index contributed by atoms with van der Waals surface area (Å²) in [5.41, 5.74) is 1.79. The van der Waals surface area contributed by atoms with Gasteiger partial charge in [-0.05, 0) is 17.7 Å². The molecule has 0 unspecified atom stereocenters. The van der Waals surface area contributed by atoms with Gasteiger partial charge in [0.25, 0.3) is 0 Å². The average molecular weight is 457 g/mol. The summed E-state index contributed by atoms with van der Waals surface area (Å²) in [7, 11) is 3.33. The molecule has 3 heterocycles. The summed E-state index contributed by atoms with van der Waals surface area (Å²) < 4.78 is 34.0. The Labute approximate surface area is 189 Å². The molecule has 1 aliphatic heterocycles. The number of anilines is 1. The molecule has 0 radical (unpaired) electrons. The number of hydrogen-bond donors (Lipinski definition) is 2. The lowest BCUT2D eigenvalue weighted by Crippen LogP contribution is -2.42. The van der Waals surface area contributed by atoms with Crippen molar-refractivity contribution >= 4 is 11.8 Å². The minimum atomic E-state index is -0.905. The van der Waals surface area contributed by atoms with Crippen molar-refractivity contribution < 1.29 is 18.3 Å². The Balaban J connectivity index is 1.47. The van der Waals surface area contributed by atoms with E-state index >= 15 is 0 Å². The first-order valence-corrected chi connectivity index (χ1v) is 10.5. The molecule has 1 fully saturated rings. The van der Waals surface area contributed by atoms with E-state index in [0.29, 0.717) is 49.0 Å². The average Bonchev–Trinajstić information content (AvgIpc) is 3.38. The number of methoxy groups -OCH3 is 1. The Hall–Kier alpha value is -3.44. The third-order valence-corrected chi connectivity index (χ3v) is 5.64. The zero-order chi connectivity index (χ0) is 23.4. The molecule has 0 aliphatic carbocycles. The number of likely N-dealkylation sites (tertiary alicyclic amines) is 1. The van der Waals surface area contributed by atoms with Crippen molar-refractivity contribution in [2.24, 2.45) is 7.05 Å². The van der Waals surface area contributed by atoms with E-state index in [1.54, 1.807) is 44.9 Å². The van der Waals surface area contributed by atoms with Crippen LogP contribution in [0.2, 0.25) is 0 Å². The lowest BCUT2D eigenvalue weighted by atomic mass is 9.94. The van der Waals surface area contributed by atoms with Gasteiger partial charge in [0.05, 0.1) is 18.8 Å². The zero-order valence-electron chi connectivity index (χ0n) is 18.3. The number of amides is 2. The van der Waals surface area contributed by atoms with Crippen LogP contribution in [0, 0.1) is 11.6 Å². The van der Waals surface area contributed by atoms with Crippen molar-refractivity contribution in [3.8, 4) is 11.4 Å². The monoisotopic (exact) mass is 457 g/mol. The quantitative estimate of drug-likeness (QED) is 0.566. The SMILES string of the molecule is COCCN1C[C@@H](NC(=O)Nc2cc(-c3cnccn3)nn2C)[C@H](c2ccc(F)c(F)c2)C1. The number of nitrogens with one attached hydrogen (secondary N) is 2. The maximum Gasteiger partial charge on any atom is 0.320 e. The molecular weight excluding hydrogens is 432 g/mol. The van der Waals surface area contributed by atoms with Crippen molar-refractivity contribution in [2.75, 3.05) is 38.7 Å². The number of aryl methyl sites for hydroxylation is 1. The van der Waals surface area contributed by atoms with Crippen LogP contribution in [0.4, 0.5) is 19.4 Å². The number of ether oxygens (including phenoxy) is 1. The third kappa shape index (κ3) is 5.32. The Bertz CT molecular complexity index is 1110. The highest BCUT2D eigenvalue weighted by Gasteiger charge is 2.35. The molecular formula is C22H25F2N7O2. The highest BCUT2D eigenvalue weighted by molar-refractivity contribution is 5.89. The summed E-state index contributed by atoms with van der Waals surface area (Å²) in [6.07, 6.45) is 4.73. The van der Waals surface area contributed by atoms with Crippen LogP contribution in [0.25, 0.3) is 11.4 Å². The highest BCUT2D eigenvalue weighted by atomic mass is 19.2. The summed E-state index contributed by atoms with van der Waals surface area (Å²) in [5, 5.41) is 10.1. The largest absolute Gasteiger partial charge is 0.383 e. The lowest BCUT2D eigenvalue weighted by molar-refractivity contribution is 0.159. The van der Waals surface area contributed by atoms with Crippen molar-refractivity contribution in [3.63, 3.8) is 0 Å². The van der Waals surface area contributed by atoms with Crippen LogP contribution in [-0.2, 0) is 11.8 Å². The number of carbonyl (C=O) groups excluding carboxylic acids is 1. The Kier molecular flexibility index (Phi) is 6.90. The van der Waals surface area contributed by atoms with Gasteiger partial charge in [0.1, 0.15) is 17.2 Å². The number of rotatable bonds is 7. The van der Waals surface area contributed by atoms with E-state index in [9.17, 15) is 13.6 Å². The van der Waals surface area contributed by atoms with E-state index in [1.165, 1.54) is 10.7 Å². The van der Waals surface area contributed by atoms with Gasteiger partial charge >= 0.3 is 6.03 Å². The van der Waals surface area contributed by atoms with Crippen LogP contribution in [0.3, 0.4) is 0 Å². The van der Waals surface area contributed by atoms with Gasteiger partial charge < -0.3 is 10.1 Å². The Morgan fingerprint density at radius 1 is 1.18 bits per heavy atom. The number of carbonyl (C=O) groups is 1. The maximum absolute atomic E-state index is 13.9. The van der Waals surface area contributed by atoms with E-state index in [4.69, 9.17) is 4.74 Å². The maximum atomic E-state index is 13.9. The minimum absolute atomic E-state index is 0.204. The Morgan fingerprint density at radius 2 is 2.03 bits per heavy atom. The van der Waals surface area contributed by atoms with Gasteiger partial charge in [-0.25, -0.2) is 13.6 Å². The van der Waals surface area contributed by atoms with E-state index in [-0.39, 0.29) is 12.0 Å². The lowest BCUT2D eigenvalue weighted by Gasteiger charge is -2.20. The van der Waals surface area contributed by atoms with Gasteiger partial charge in [-0.1, -0.05) is 6.07 Å². The van der Waals surface area contributed by atoms with Gasteiger partial charge in [-0.3, -0.25) is 24.9 Å². The van der Waals surface area contributed by atoms with Crippen molar-refractivity contribution in [2.45, 2.75) is 12.0 Å². The predicted octanol–water partition coefficient (Wildman–Crippen LogP) is 2.39. The van der Waals surface area contributed by atoms with Crippen LogP contribution in [0.1, 0.15) is 11.5 Å². The summed E-state index contributed by atoms with van der Waals surface area (Å²) in [5.74, 6) is -1.53. The molecule has 4 rings (SSSR count). The van der Waals surface area contributed by atoms with E-state index < -0.39 is 17.7 Å². The summed E-state index contributed by atoms with van der Waals surface area (Å²) >= 11 is 0. The molecule has 9 nitrogen and oxygen atoms in total. The zero-order valence-corrected chi connectivity index (χ0v) is 18.3. The number of urea groups is 1. The highest BCUT2D eigenvalue weighted by Crippen LogP contribution is 2.29. The van der Waals surface area contributed by atoms with Gasteiger partial charge in [0.2, 0.25) is 0 Å². The topological polar surface area (TPSA) is 97.2 Å². The van der Waals surface area contributed by atoms with Gasteiger partial charge in [-0.2, -0.15) is 5.10 Å². The normalized spacial score (nSPS) is 18.4. The van der Waals surface area contributed by atoms with Crippen LogP contribution in [-0.4, -0.2) is 70.1 Å². The molecule has 0 bridgehead atoms. The molecule has 174 valence electrons. The molecule has 1 aliphatic rings. The van der Waals surface area contributed by atoms with Gasteiger partial charge in [0.15, 0.2) is 11.6 Å². The molecule has 1 aromatic carbocycles. The van der Waals surface area contributed by atoms with Crippen molar-refractivity contribution in [3.05, 3.63) is 60.1 Å². The first kappa shape index (κ1) is 22.7. The molecule has 3 aromatic rings. The molecule has 33 heavy (non-hydrogen) atoms. The molecule has 1 saturated heterocycles. The smallest absolute Gasteiger partial charge is 0.320 e. The van der Waals surface area contributed by atoms with Gasteiger partial charge in [0, 0.05) is 58.2 Å². The van der Waals surface area contributed by atoms with E-state index in [2.05, 4.69) is 30.6 Å². The number of aromatic nitrogens is 4. The van der Waals surface area contributed by atoms with Crippen LogP contribution >= 0.6 is 0 Å².